The summed E-state index contributed by atoms with van der Waals surface area (Å²) in [5.74, 6) is 1.11. The SMILES string of the molecule is Cc1c(O)nc(CSC2CCCCC2)[nH]c1=O. The van der Waals surface area contributed by atoms with Crippen molar-refractivity contribution < 1.29 is 5.11 Å². The Labute approximate surface area is 105 Å². The Morgan fingerprint density at radius 1 is 1.41 bits per heavy atom. The minimum absolute atomic E-state index is 0.145. The summed E-state index contributed by atoms with van der Waals surface area (Å²) in [4.78, 5) is 18.2. The molecular formula is C12H18N2O2S. The molecule has 1 saturated carbocycles. The van der Waals surface area contributed by atoms with E-state index in [1.54, 1.807) is 6.92 Å². The van der Waals surface area contributed by atoms with Crippen LogP contribution in [0.3, 0.4) is 0 Å². The summed E-state index contributed by atoms with van der Waals surface area (Å²) in [6, 6.07) is 0. The summed E-state index contributed by atoms with van der Waals surface area (Å²) in [7, 11) is 0. The number of rotatable bonds is 3. The van der Waals surface area contributed by atoms with Crippen molar-refractivity contribution in [1.29, 1.82) is 0 Å². The van der Waals surface area contributed by atoms with Gasteiger partial charge in [-0.3, -0.25) is 4.79 Å². The van der Waals surface area contributed by atoms with Gasteiger partial charge >= 0.3 is 0 Å². The first-order valence-electron chi connectivity index (χ1n) is 6.07. The minimum Gasteiger partial charge on any atom is -0.493 e. The molecule has 0 aliphatic heterocycles. The maximum absolute atomic E-state index is 11.4. The second-order valence-corrected chi connectivity index (χ2v) is 5.82. The molecule has 0 atom stereocenters. The van der Waals surface area contributed by atoms with E-state index in [-0.39, 0.29) is 17.0 Å². The third-order valence-electron chi connectivity index (χ3n) is 3.18. The van der Waals surface area contributed by atoms with Gasteiger partial charge in [0, 0.05) is 5.25 Å². The number of hydrogen-bond donors (Lipinski definition) is 2. The fraction of sp³-hybridized carbons (Fsp3) is 0.667. The van der Waals surface area contributed by atoms with Crippen LogP contribution in [0.1, 0.15) is 43.5 Å². The van der Waals surface area contributed by atoms with Gasteiger partial charge in [-0.05, 0) is 19.8 Å². The first kappa shape index (κ1) is 12.5. The molecule has 4 nitrogen and oxygen atoms in total. The number of nitrogens with one attached hydrogen (secondary N) is 1. The van der Waals surface area contributed by atoms with E-state index in [1.165, 1.54) is 32.1 Å². The van der Waals surface area contributed by atoms with E-state index < -0.39 is 0 Å². The van der Waals surface area contributed by atoms with E-state index in [2.05, 4.69) is 9.97 Å². The van der Waals surface area contributed by atoms with E-state index in [1.807, 2.05) is 11.8 Å². The maximum atomic E-state index is 11.4. The van der Waals surface area contributed by atoms with Gasteiger partial charge in [0.25, 0.3) is 5.56 Å². The van der Waals surface area contributed by atoms with E-state index in [0.717, 1.165) is 0 Å². The third kappa shape index (κ3) is 3.25. The molecular weight excluding hydrogens is 236 g/mol. The van der Waals surface area contributed by atoms with Gasteiger partial charge in [0.1, 0.15) is 5.82 Å². The summed E-state index contributed by atoms with van der Waals surface area (Å²) in [5.41, 5.74) is 0.0492. The van der Waals surface area contributed by atoms with Crippen molar-refractivity contribution in [1.82, 2.24) is 9.97 Å². The lowest BCUT2D eigenvalue weighted by molar-refractivity contribution is 0.444. The number of thioether (sulfide) groups is 1. The summed E-state index contributed by atoms with van der Waals surface area (Å²) >= 11 is 1.83. The lowest BCUT2D eigenvalue weighted by Gasteiger charge is -2.20. The zero-order chi connectivity index (χ0) is 12.3. The highest BCUT2D eigenvalue weighted by atomic mass is 32.2. The topological polar surface area (TPSA) is 66.0 Å². The highest BCUT2D eigenvalue weighted by Gasteiger charge is 2.14. The zero-order valence-electron chi connectivity index (χ0n) is 10.0. The Morgan fingerprint density at radius 3 is 2.76 bits per heavy atom. The average Bonchev–Trinajstić information content (AvgIpc) is 2.34. The van der Waals surface area contributed by atoms with Crippen LogP contribution < -0.4 is 5.56 Å². The third-order valence-corrected chi connectivity index (χ3v) is 4.57. The lowest BCUT2D eigenvalue weighted by Crippen LogP contribution is -2.15. The molecule has 1 heterocycles. The van der Waals surface area contributed by atoms with Crippen LogP contribution >= 0.6 is 11.8 Å². The number of hydrogen-bond acceptors (Lipinski definition) is 4. The van der Waals surface area contributed by atoms with Crippen LogP contribution in [-0.2, 0) is 5.75 Å². The quantitative estimate of drug-likeness (QED) is 0.869. The van der Waals surface area contributed by atoms with Crippen molar-refractivity contribution in [3.05, 3.63) is 21.7 Å². The van der Waals surface area contributed by atoms with E-state index >= 15 is 0 Å². The maximum Gasteiger partial charge on any atom is 0.257 e. The fourth-order valence-electron chi connectivity index (χ4n) is 2.06. The van der Waals surface area contributed by atoms with Gasteiger partial charge in [-0.15, -0.1) is 0 Å². The van der Waals surface area contributed by atoms with Crippen molar-refractivity contribution in [2.24, 2.45) is 0 Å². The van der Waals surface area contributed by atoms with Crippen molar-refractivity contribution in [2.45, 2.75) is 50.0 Å². The van der Waals surface area contributed by atoms with Crippen molar-refractivity contribution in [3.63, 3.8) is 0 Å². The summed E-state index contributed by atoms with van der Waals surface area (Å²) in [6.07, 6.45) is 6.47. The van der Waals surface area contributed by atoms with Crippen molar-refractivity contribution >= 4 is 11.8 Å². The second-order valence-electron chi connectivity index (χ2n) is 4.53. The Kier molecular flexibility index (Phi) is 4.10. The summed E-state index contributed by atoms with van der Waals surface area (Å²) < 4.78 is 0. The molecule has 1 aliphatic rings. The number of H-pyrrole nitrogens is 1. The van der Waals surface area contributed by atoms with Gasteiger partial charge in [-0.2, -0.15) is 16.7 Å². The monoisotopic (exact) mass is 254 g/mol. The first-order chi connectivity index (χ1) is 8.16. The molecule has 2 N–H and O–H groups in total. The van der Waals surface area contributed by atoms with Crippen molar-refractivity contribution in [3.8, 4) is 5.88 Å². The molecule has 5 heteroatoms. The molecule has 1 aromatic heterocycles. The van der Waals surface area contributed by atoms with Crippen LogP contribution in [0.5, 0.6) is 5.88 Å². The normalized spacial score (nSPS) is 17.2. The van der Waals surface area contributed by atoms with Crippen LogP contribution in [0.4, 0.5) is 0 Å². The number of aromatic hydroxyl groups is 1. The van der Waals surface area contributed by atoms with E-state index in [9.17, 15) is 9.90 Å². The van der Waals surface area contributed by atoms with Crippen LogP contribution in [0, 0.1) is 6.92 Å². The van der Waals surface area contributed by atoms with Gasteiger partial charge in [0.2, 0.25) is 5.88 Å². The molecule has 0 unspecified atom stereocenters. The molecule has 0 saturated heterocycles. The fourth-order valence-corrected chi connectivity index (χ4v) is 3.26. The number of nitrogens with zero attached hydrogens (tertiary/aromatic N) is 1. The molecule has 0 spiro atoms. The van der Waals surface area contributed by atoms with Gasteiger partial charge in [0.05, 0.1) is 11.3 Å². The molecule has 0 amide bonds. The smallest absolute Gasteiger partial charge is 0.257 e. The van der Waals surface area contributed by atoms with Gasteiger partial charge in [0.15, 0.2) is 0 Å². The van der Waals surface area contributed by atoms with E-state index in [4.69, 9.17) is 0 Å². The average molecular weight is 254 g/mol. The van der Waals surface area contributed by atoms with Crippen LogP contribution in [0.15, 0.2) is 4.79 Å². The molecule has 1 fully saturated rings. The van der Waals surface area contributed by atoms with Gasteiger partial charge in [-0.25, -0.2) is 0 Å². The summed E-state index contributed by atoms with van der Waals surface area (Å²) in [6.45, 7) is 1.57. The van der Waals surface area contributed by atoms with Gasteiger partial charge < -0.3 is 10.1 Å². The molecule has 0 radical (unpaired) electrons. The zero-order valence-corrected chi connectivity index (χ0v) is 10.8. The molecule has 1 aromatic rings. The number of aromatic nitrogens is 2. The first-order valence-corrected chi connectivity index (χ1v) is 7.12. The Bertz CT molecular complexity index is 439. The Balaban J connectivity index is 1.96. The predicted octanol–water partition coefficient (Wildman–Crippen LogP) is 2.35. The van der Waals surface area contributed by atoms with Crippen LogP contribution in [0.2, 0.25) is 0 Å². The second kappa shape index (κ2) is 5.58. The lowest BCUT2D eigenvalue weighted by atomic mass is 10.0. The standard InChI is InChI=1S/C12H18N2O2S/c1-8-11(15)13-10(14-12(8)16)7-17-9-5-3-2-4-6-9/h9H,2-7H2,1H3,(H2,13,14,15,16). The molecule has 94 valence electrons. The molecule has 0 bridgehead atoms. The highest BCUT2D eigenvalue weighted by Crippen LogP contribution is 2.29. The van der Waals surface area contributed by atoms with Crippen LogP contribution in [-0.4, -0.2) is 20.3 Å². The van der Waals surface area contributed by atoms with Crippen molar-refractivity contribution in [2.75, 3.05) is 0 Å². The van der Waals surface area contributed by atoms with Crippen LogP contribution in [0.25, 0.3) is 0 Å². The molecule has 2 rings (SSSR count). The largest absolute Gasteiger partial charge is 0.493 e. The highest BCUT2D eigenvalue weighted by molar-refractivity contribution is 7.99. The minimum atomic E-state index is -0.239. The molecule has 1 aliphatic carbocycles. The summed E-state index contributed by atoms with van der Waals surface area (Å²) in [5, 5.41) is 10.2. The Morgan fingerprint density at radius 2 is 2.12 bits per heavy atom. The molecule has 17 heavy (non-hydrogen) atoms. The number of aromatic amines is 1. The predicted molar refractivity (Wildman–Crippen MR) is 69.4 cm³/mol. The van der Waals surface area contributed by atoms with Gasteiger partial charge in [-0.1, -0.05) is 19.3 Å². The molecule has 0 aromatic carbocycles. The Hall–Kier alpha value is -0.970. The van der Waals surface area contributed by atoms with E-state index in [0.29, 0.717) is 16.8 Å².